The maximum Gasteiger partial charge on any atom is 0.263 e. The molecule has 5 nitrogen and oxygen atoms in total. The van der Waals surface area contributed by atoms with E-state index in [0.717, 1.165) is 31.5 Å². The van der Waals surface area contributed by atoms with Crippen LogP contribution >= 0.6 is 0 Å². The highest BCUT2D eigenvalue weighted by atomic mass is 16.5. The van der Waals surface area contributed by atoms with Crippen molar-refractivity contribution in [2.75, 3.05) is 20.1 Å². The van der Waals surface area contributed by atoms with Crippen molar-refractivity contribution in [2.24, 2.45) is 0 Å². The molecule has 1 unspecified atom stereocenters. The molecule has 5 heteroatoms. The Hall–Kier alpha value is -1.59. The van der Waals surface area contributed by atoms with E-state index in [-0.39, 0.29) is 18.6 Å². The molecule has 1 N–H and O–H groups in total. The largest absolute Gasteiger partial charge is 0.481 e. The van der Waals surface area contributed by atoms with Crippen LogP contribution in [-0.4, -0.2) is 59.1 Å². The van der Waals surface area contributed by atoms with Crippen molar-refractivity contribution in [1.82, 2.24) is 9.80 Å². The Morgan fingerprint density at radius 1 is 1.33 bits per heavy atom. The molecule has 1 fully saturated rings. The lowest BCUT2D eigenvalue weighted by Crippen LogP contribution is -2.50. The van der Waals surface area contributed by atoms with Gasteiger partial charge in [0.2, 0.25) is 0 Å². The maximum atomic E-state index is 12.7. The molecule has 0 radical (unpaired) electrons. The molecule has 1 amide bonds. The van der Waals surface area contributed by atoms with E-state index >= 15 is 0 Å². The van der Waals surface area contributed by atoms with Crippen molar-refractivity contribution >= 4 is 5.91 Å². The van der Waals surface area contributed by atoms with Crippen LogP contribution in [0.2, 0.25) is 0 Å². The van der Waals surface area contributed by atoms with Crippen molar-refractivity contribution < 1.29 is 14.6 Å². The number of aliphatic hydroxyl groups is 1. The van der Waals surface area contributed by atoms with Gasteiger partial charge in [-0.1, -0.05) is 12.1 Å². The van der Waals surface area contributed by atoms with Gasteiger partial charge in [0, 0.05) is 32.2 Å². The van der Waals surface area contributed by atoms with Gasteiger partial charge in [-0.3, -0.25) is 4.79 Å². The SMILES string of the molecule is CC(Oc1cccc(CO)c1)C(=O)N(C)C1CCN(C(C)C)CC1. The van der Waals surface area contributed by atoms with E-state index in [1.54, 1.807) is 13.0 Å². The van der Waals surface area contributed by atoms with Gasteiger partial charge in [0.25, 0.3) is 5.91 Å². The van der Waals surface area contributed by atoms with Crippen molar-refractivity contribution in [3.05, 3.63) is 29.8 Å². The molecule has 1 aromatic carbocycles. The first kappa shape index (κ1) is 18.7. The molecule has 0 bridgehead atoms. The lowest BCUT2D eigenvalue weighted by molar-refractivity contribution is -0.139. The zero-order chi connectivity index (χ0) is 17.7. The summed E-state index contributed by atoms with van der Waals surface area (Å²) in [5.74, 6) is 0.623. The number of nitrogens with zero attached hydrogens (tertiary/aromatic N) is 2. The zero-order valence-corrected chi connectivity index (χ0v) is 15.2. The van der Waals surface area contributed by atoms with E-state index < -0.39 is 6.10 Å². The summed E-state index contributed by atoms with van der Waals surface area (Å²) in [6.07, 6.45) is 1.48. The van der Waals surface area contributed by atoms with Crippen LogP contribution in [0.25, 0.3) is 0 Å². The maximum absolute atomic E-state index is 12.7. The molecule has 1 saturated heterocycles. The van der Waals surface area contributed by atoms with Crippen LogP contribution < -0.4 is 4.74 Å². The van der Waals surface area contributed by atoms with Gasteiger partial charge in [-0.25, -0.2) is 0 Å². The highest BCUT2D eigenvalue weighted by molar-refractivity contribution is 5.81. The van der Waals surface area contributed by atoms with E-state index in [4.69, 9.17) is 4.74 Å². The van der Waals surface area contributed by atoms with Crippen molar-refractivity contribution in [3.8, 4) is 5.75 Å². The molecule has 1 heterocycles. The molecular weight excluding hydrogens is 304 g/mol. The third kappa shape index (κ3) is 4.71. The smallest absolute Gasteiger partial charge is 0.263 e. The average Bonchev–Trinajstić information content (AvgIpc) is 2.60. The summed E-state index contributed by atoms with van der Waals surface area (Å²) in [5, 5.41) is 9.19. The lowest BCUT2D eigenvalue weighted by Gasteiger charge is -2.39. The normalized spacial score (nSPS) is 17.8. The van der Waals surface area contributed by atoms with Gasteiger partial charge in [0.1, 0.15) is 5.75 Å². The molecule has 1 atom stereocenters. The zero-order valence-electron chi connectivity index (χ0n) is 15.2. The highest BCUT2D eigenvalue weighted by Crippen LogP contribution is 2.20. The second-order valence-corrected chi connectivity index (χ2v) is 6.88. The first-order valence-electron chi connectivity index (χ1n) is 8.79. The number of carbonyl (C=O) groups excluding carboxylic acids is 1. The topological polar surface area (TPSA) is 53.0 Å². The van der Waals surface area contributed by atoms with Gasteiger partial charge < -0.3 is 19.6 Å². The van der Waals surface area contributed by atoms with Crippen LogP contribution in [0.4, 0.5) is 0 Å². The Bertz CT molecular complexity index is 539. The minimum absolute atomic E-state index is 0.00685. The Labute approximate surface area is 145 Å². The van der Waals surface area contributed by atoms with Crippen LogP contribution in [-0.2, 0) is 11.4 Å². The Morgan fingerprint density at radius 3 is 2.58 bits per heavy atom. The quantitative estimate of drug-likeness (QED) is 0.867. The Morgan fingerprint density at radius 2 is 2.00 bits per heavy atom. The monoisotopic (exact) mass is 334 g/mol. The summed E-state index contributed by atoms with van der Waals surface area (Å²) in [6.45, 7) is 8.25. The highest BCUT2D eigenvalue weighted by Gasteiger charge is 2.29. The van der Waals surface area contributed by atoms with E-state index in [9.17, 15) is 9.90 Å². The Kier molecular flexibility index (Phi) is 6.63. The fourth-order valence-electron chi connectivity index (χ4n) is 3.23. The third-order valence-corrected chi connectivity index (χ3v) is 4.87. The predicted molar refractivity (Wildman–Crippen MR) is 95.0 cm³/mol. The summed E-state index contributed by atoms with van der Waals surface area (Å²) in [5.41, 5.74) is 0.779. The summed E-state index contributed by atoms with van der Waals surface area (Å²) in [6, 6.07) is 8.07. The fraction of sp³-hybridized carbons (Fsp3) is 0.632. The molecular formula is C19H30N2O3. The molecule has 0 aliphatic carbocycles. The van der Waals surface area contributed by atoms with E-state index in [1.807, 2.05) is 30.1 Å². The molecule has 134 valence electrons. The van der Waals surface area contributed by atoms with Crippen LogP contribution in [0.5, 0.6) is 5.75 Å². The number of carbonyl (C=O) groups is 1. The van der Waals surface area contributed by atoms with Crippen LogP contribution in [0.15, 0.2) is 24.3 Å². The number of piperidine rings is 1. The number of likely N-dealkylation sites (N-methyl/N-ethyl adjacent to an activating group) is 1. The lowest BCUT2D eigenvalue weighted by atomic mass is 10.0. The van der Waals surface area contributed by atoms with Crippen LogP contribution in [0.3, 0.4) is 0 Å². The number of hydrogen-bond acceptors (Lipinski definition) is 4. The van der Waals surface area contributed by atoms with Gasteiger partial charge in [-0.2, -0.15) is 0 Å². The summed E-state index contributed by atoms with van der Waals surface area (Å²) in [7, 11) is 1.88. The van der Waals surface area contributed by atoms with Gasteiger partial charge in [-0.05, 0) is 51.3 Å². The van der Waals surface area contributed by atoms with Gasteiger partial charge in [0.15, 0.2) is 6.10 Å². The van der Waals surface area contributed by atoms with E-state index in [2.05, 4.69) is 18.7 Å². The average molecular weight is 334 g/mol. The second-order valence-electron chi connectivity index (χ2n) is 6.88. The molecule has 2 rings (SSSR count). The number of benzene rings is 1. The second kappa shape index (κ2) is 8.49. The number of aliphatic hydroxyl groups excluding tert-OH is 1. The molecule has 0 saturated carbocycles. The number of likely N-dealkylation sites (tertiary alicyclic amines) is 1. The van der Waals surface area contributed by atoms with Crippen LogP contribution in [0.1, 0.15) is 39.2 Å². The molecule has 0 spiro atoms. The first-order chi connectivity index (χ1) is 11.4. The minimum Gasteiger partial charge on any atom is -0.481 e. The fourth-order valence-corrected chi connectivity index (χ4v) is 3.23. The number of rotatable bonds is 6. The molecule has 0 aromatic heterocycles. The van der Waals surface area contributed by atoms with Gasteiger partial charge in [-0.15, -0.1) is 0 Å². The van der Waals surface area contributed by atoms with Crippen molar-refractivity contribution in [1.29, 1.82) is 0 Å². The first-order valence-corrected chi connectivity index (χ1v) is 8.79. The van der Waals surface area contributed by atoms with E-state index in [0.29, 0.717) is 11.8 Å². The molecule has 1 aliphatic heterocycles. The predicted octanol–water partition coefficient (Wildman–Crippen LogP) is 2.28. The number of hydrogen-bond donors (Lipinski definition) is 1. The summed E-state index contributed by atoms with van der Waals surface area (Å²) >= 11 is 0. The van der Waals surface area contributed by atoms with Crippen molar-refractivity contribution in [3.63, 3.8) is 0 Å². The molecule has 24 heavy (non-hydrogen) atoms. The van der Waals surface area contributed by atoms with Crippen LogP contribution in [0, 0.1) is 0 Å². The minimum atomic E-state index is -0.535. The molecule has 1 aliphatic rings. The third-order valence-electron chi connectivity index (χ3n) is 4.87. The molecule has 1 aromatic rings. The summed E-state index contributed by atoms with van der Waals surface area (Å²) < 4.78 is 5.78. The Balaban J connectivity index is 1.90. The summed E-state index contributed by atoms with van der Waals surface area (Å²) in [4.78, 5) is 17.0. The van der Waals surface area contributed by atoms with Gasteiger partial charge >= 0.3 is 0 Å². The van der Waals surface area contributed by atoms with Gasteiger partial charge in [0.05, 0.1) is 6.61 Å². The standard InChI is InChI=1S/C19H30N2O3/c1-14(2)21-10-8-17(9-11-21)20(4)19(23)15(3)24-18-7-5-6-16(12-18)13-22/h5-7,12,14-15,17,22H,8-11,13H2,1-4H3. The number of amides is 1. The number of ether oxygens (including phenoxy) is 1. The van der Waals surface area contributed by atoms with Crippen molar-refractivity contribution in [2.45, 2.75) is 58.4 Å². The van der Waals surface area contributed by atoms with E-state index in [1.165, 1.54) is 0 Å².